The standard InChI is InChI=1S/C22H29N3O2/c1-23-22(24-15-18-14-20(27-2)12-13-21(18)26)25-19-10-8-17(9-11-19)16-6-4-3-5-7-16/h3-7,12-14,17,19,26H,8-11,15H2,1-2H3,(H2,23,24,25). The van der Waals surface area contributed by atoms with E-state index in [0.717, 1.165) is 30.1 Å². The molecule has 2 aromatic rings. The average Bonchev–Trinajstić information content (AvgIpc) is 2.73. The number of aliphatic imine (C=N–C) groups is 1. The van der Waals surface area contributed by atoms with E-state index >= 15 is 0 Å². The predicted octanol–water partition coefficient (Wildman–Crippen LogP) is 3.79. The summed E-state index contributed by atoms with van der Waals surface area (Å²) in [6, 6.07) is 16.5. The number of phenolic OH excluding ortho intramolecular Hbond substituents is 1. The Morgan fingerprint density at radius 2 is 1.85 bits per heavy atom. The van der Waals surface area contributed by atoms with Gasteiger partial charge in [0, 0.05) is 25.2 Å². The summed E-state index contributed by atoms with van der Waals surface area (Å²) in [5, 5.41) is 16.8. The molecule has 0 saturated heterocycles. The van der Waals surface area contributed by atoms with Crippen molar-refractivity contribution in [1.82, 2.24) is 10.6 Å². The minimum absolute atomic E-state index is 0.252. The third kappa shape index (κ3) is 5.16. The van der Waals surface area contributed by atoms with Crippen LogP contribution in [0.2, 0.25) is 0 Å². The molecule has 1 fully saturated rings. The van der Waals surface area contributed by atoms with Crippen LogP contribution in [-0.4, -0.2) is 31.3 Å². The normalized spacial score (nSPS) is 20.1. The van der Waals surface area contributed by atoms with Crippen LogP contribution in [0.3, 0.4) is 0 Å². The maximum absolute atomic E-state index is 10.0. The molecular weight excluding hydrogens is 338 g/mol. The number of hydrogen-bond acceptors (Lipinski definition) is 3. The zero-order valence-electron chi connectivity index (χ0n) is 16.1. The van der Waals surface area contributed by atoms with Crippen molar-refractivity contribution >= 4 is 5.96 Å². The van der Waals surface area contributed by atoms with Crippen LogP contribution in [0.15, 0.2) is 53.5 Å². The van der Waals surface area contributed by atoms with Crippen molar-refractivity contribution in [1.29, 1.82) is 0 Å². The fourth-order valence-electron chi connectivity index (χ4n) is 3.69. The predicted molar refractivity (Wildman–Crippen MR) is 109 cm³/mol. The molecule has 0 aromatic heterocycles. The Bertz CT molecular complexity index is 753. The summed E-state index contributed by atoms with van der Waals surface area (Å²) < 4.78 is 5.23. The fourth-order valence-corrected chi connectivity index (χ4v) is 3.69. The van der Waals surface area contributed by atoms with Gasteiger partial charge in [0.15, 0.2) is 5.96 Å². The SMILES string of the molecule is CN=C(NCc1cc(OC)ccc1O)NC1CCC(c2ccccc2)CC1. The molecule has 0 radical (unpaired) electrons. The molecule has 2 aromatic carbocycles. The van der Waals surface area contributed by atoms with Crippen LogP contribution in [0.5, 0.6) is 11.5 Å². The van der Waals surface area contributed by atoms with Crippen LogP contribution in [0.1, 0.15) is 42.7 Å². The Kier molecular flexibility index (Phi) is 6.58. The van der Waals surface area contributed by atoms with Gasteiger partial charge in [0.25, 0.3) is 0 Å². The molecule has 5 nitrogen and oxygen atoms in total. The van der Waals surface area contributed by atoms with Crippen molar-refractivity contribution in [3.05, 3.63) is 59.7 Å². The van der Waals surface area contributed by atoms with E-state index in [2.05, 4.69) is 46.0 Å². The van der Waals surface area contributed by atoms with E-state index in [1.54, 1.807) is 26.3 Å². The van der Waals surface area contributed by atoms with Gasteiger partial charge < -0.3 is 20.5 Å². The Morgan fingerprint density at radius 1 is 1.11 bits per heavy atom. The molecule has 3 rings (SSSR count). The highest BCUT2D eigenvalue weighted by atomic mass is 16.5. The summed E-state index contributed by atoms with van der Waals surface area (Å²) in [5.74, 6) is 2.40. The maximum Gasteiger partial charge on any atom is 0.191 e. The maximum atomic E-state index is 10.0. The third-order valence-corrected chi connectivity index (χ3v) is 5.30. The quantitative estimate of drug-likeness (QED) is 0.556. The lowest BCUT2D eigenvalue weighted by molar-refractivity contribution is 0.371. The van der Waals surface area contributed by atoms with E-state index in [1.165, 1.54) is 18.4 Å². The van der Waals surface area contributed by atoms with Gasteiger partial charge in [0.1, 0.15) is 11.5 Å². The number of nitrogens with one attached hydrogen (secondary N) is 2. The summed E-state index contributed by atoms with van der Waals surface area (Å²) >= 11 is 0. The number of guanidine groups is 1. The van der Waals surface area contributed by atoms with Crippen LogP contribution in [0.4, 0.5) is 0 Å². The summed E-state index contributed by atoms with van der Waals surface area (Å²) in [6.07, 6.45) is 4.64. The number of phenols is 1. The van der Waals surface area contributed by atoms with Crippen molar-refractivity contribution < 1.29 is 9.84 Å². The molecule has 144 valence electrons. The van der Waals surface area contributed by atoms with E-state index in [1.807, 2.05) is 6.07 Å². The largest absolute Gasteiger partial charge is 0.508 e. The first kappa shape index (κ1) is 19.1. The molecule has 0 aliphatic heterocycles. The first-order valence-corrected chi connectivity index (χ1v) is 9.57. The van der Waals surface area contributed by atoms with Crippen LogP contribution < -0.4 is 15.4 Å². The average molecular weight is 367 g/mol. The van der Waals surface area contributed by atoms with Gasteiger partial charge in [0.05, 0.1) is 7.11 Å². The van der Waals surface area contributed by atoms with E-state index in [4.69, 9.17) is 4.74 Å². The monoisotopic (exact) mass is 367 g/mol. The van der Waals surface area contributed by atoms with Crippen LogP contribution in [0.25, 0.3) is 0 Å². The number of rotatable bonds is 5. The highest BCUT2D eigenvalue weighted by Gasteiger charge is 2.22. The van der Waals surface area contributed by atoms with E-state index < -0.39 is 0 Å². The second kappa shape index (κ2) is 9.31. The summed E-state index contributed by atoms with van der Waals surface area (Å²) in [6.45, 7) is 0.488. The van der Waals surface area contributed by atoms with Gasteiger partial charge in [-0.15, -0.1) is 0 Å². The number of ether oxygens (including phenoxy) is 1. The lowest BCUT2D eigenvalue weighted by Gasteiger charge is -2.30. The van der Waals surface area contributed by atoms with Gasteiger partial charge in [-0.2, -0.15) is 0 Å². The number of aromatic hydroxyl groups is 1. The fraction of sp³-hybridized carbons (Fsp3) is 0.409. The minimum atomic E-state index is 0.252. The molecule has 1 saturated carbocycles. The van der Waals surface area contributed by atoms with Gasteiger partial charge in [-0.05, 0) is 55.4 Å². The Morgan fingerprint density at radius 3 is 2.52 bits per heavy atom. The molecule has 0 unspecified atom stereocenters. The second-order valence-corrected chi connectivity index (χ2v) is 7.02. The zero-order valence-corrected chi connectivity index (χ0v) is 16.1. The molecular formula is C22H29N3O2. The lowest BCUT2D eigenvalue weighted by atomic mass is 9.82. The smallest absolute Gasteiger partial charge is 0.191 e. The molecule has 1 aliphatic carbocycles. The van der Waals surface area contributed by atoms with E-state index in [-0.39, 0.29) is 5.75 Å². The summed E-state index contributed by atoms with van der Waals surface area (Å²) in [5.41, 5.74) is 2.23. The van der Waals surface area contributed by atoms with Crippen molar-refractivity contribution in [2.75, 3.05) is 14.2 Å². The van der Waals surface area contributed by atoms with Gasteiger partial charge in [0.2, 0.25) is 0 Å². The number of nitrogens with zero attached hydrogens (tertiary/aromatic N) is 1. The van der Waals surface area contributed by atoms with Crippen LogP contribution in [0, 0.1) is 0 Å². The molecule has 3 N–H and O–H groups in total. The van der Waals surface area contributed by atoms with Crippen molar-refractivity contribution in [2.45, 2.75) is 44.2 Å². The van der Waals surface area contributed by atoms with E-state index in [0.29, 0.717) is 18.5 Å². The molecule has 1 aliphatic rings. The van der Waals surface area contributed by atoms with Gasteiger partial charge >= 0.3 is 0 Å². The Balaban J connectivity index is 1.50. The lowest BCUT2D eigenvalue weighted by Crippen LogP contribution is -2.44. The Labute approximate surface area is 161 Å². The Hall–Kier alpha value is -2.69. The zero-order chi connectivity index (χ0) is 19.1. The van der Waals surface area contributed by atoms with Crippen molar-refractivity contribution in [2.24, 2.45) is 4.99 Å². The number of benzene rings is 2. The molecule has 27 heavy (non-hydrogen) atoms. The van der Waals surface area contributed by atoms with E-state index in [9.17, 15) is 5.11 Å². The first-order valence-electron chi connectivity index (χ1n) is 9.57. The molecule has 0 bridgehead atoms. The van der Waals surface area contributed by atoms with Crippen molar-refractivity contribution in [3.63, 3.8) is 0 Å². The highest BCUT2D eigenvalue weighted by molar-refractivity contribution is 5.80. The second-order valence-electron chi connectivity index (χ2n) is 7.02. The van der Waals surface area contributed by atoms with Crippen LogP contribution >= 0.6 is 0 Å². The van der Waals surface area contributed by atoms with Crippen LogP contribution in [-0.2, 0) is 6.54 Å². The third-order valence-electron chi connectivity index (χ3n) is 5.30. The first-order chi connectivity index (χ1) is 13.2. The molecule has 0 heterocycles. The summed E-state index contributed by atoms with van der Waals surface area (Å²) in [7, 11) is 3.40. The number of methoxy groups -OCH3 is 1. The van der Waals surface area contributed by atoms with Crippen molar-refractivity contribution in [3.8, 4) is 11.5 Å². The molecule has 0 atom stereocenters. The molecule has 0 spiro atoms. The van der Waals surface area contributed by atoms with Gasteiger partial charge in [-0.25, -0.2) is 0 Å². The van der Waals surface area contributed by atoms with Gasteiger partial charge in [-0.3, -0.25) is 4.99 Å². The minimum Gasteiger partial charge on any atom is -0.508 e. The number of hydrogen-bond donors (Lipinski definition) is 3. The summed E-state index contributed by atoms with van der Waals surface area (Å²) in [4.78, 5) is 4.33. The topological polar surface area (TPSA) is 65.9 Å². The molecule has 5 heteroatoms. The van der Waals surface area contributed by atoms with Gasteiger partial charge in [-0.1, -0.05) is 30.3 Å². The highest BCUT2D eigenvalue weighted by Crippen LogP contribution is 2.32. The molecule has 0 amide bonds.